The zero-order valence-corrected chi connectivity index (χ0v) is 17.1. The molecule has 9 heteroatoms. The third-order valence-electron chi connectivity index (χ3n) is 5.84. The first-order chi connectivity index (χ1) is 14.5. The molecule has 2 aliphatic rings. The van der Waals surface area contributed by atoms with E-state index >= 15 is 4.39 Å². The number of hydrogen-bond donors (Lipinski definition) is 0. The van der Waals surface area contributed by atoms with E-state index in [1.165, 1.54) is 9.87 Å². The predicted octanol–water partition coefficient (Wildman–Crippen LogP) is 3.27. The van der Waals surface area contributed by atoms with E-state index in [2.05, 4.69) is 15.1 Å². The molecule has 2 aromatic heterocycles. The molecule has 1 aliphatic heterocycles. The largest absolute Gasteiger partial charge is 0.335 e. The van der Waals surface area contributed by atoms with Crippen molar-refractivity contribution in [3.05, 3.63) is 59.7 Å². The highest BCUT2D eigenvalue weighted by Crippen LogP contribution is 2.38. The van der Waals surface area contributed by atoms with Crippen molar-refractivity contribution in [1.29, 1.82) is 0 Å². The maximum absolute atomic E-state index is 15.8. The van der Waals surface area contributed by atoms with Crippen molar-refractivity contribution in [3.63, 3.8) is 0 Å². The van der Waals surface area contributed by atoms with Crippen LogP contribution in [0.5, 0.6) is 0 Å². The maximum Gasteiger partial charge on any atom is 0.266 e. The SMILES string of the molecule is O=S(=O)(c1ccc2c(c1)CCC2)N1CCCC(F)(c2nc(-c3cccnc3)no2)C1. The third-order valence-corrected chi connectivity index (χ3v) is 7.69. The van der Waals surface area contributed by atoms with Gasteiger partial charge in [0.05, 0.1) is 11.4 Å². The van der Waals surface area contributed by atoms with Gasteiger partial charge in [0, 0.05) is 24.5 Å². The fraction of sp³-hybridized carbons (Fsp3) is 0.381. The summed E-state index contributed by atoms with van der Waals surface area (Å²) in [6.07, 6.45) is 6.55. The van der Waals surface area contributed by atoms with E-state index in [0.717, 1.165) is 24.8 Å². The Labute approximate surface area is 174 Å². The smallest absolute Gasteiger partial charge is 0.266 e. The van der Waals surface area contributed by atoms with Gasteiger partial charge in [-0.2, -0.15) is 9.29 Å². The lowest BCUT2D eigenvalue weighted by molar-refractivity contribution is 0.0470. The molecule has 5 rings (SSSR count). The Balaban J connectivity index is 1.42. The number of sulfonamides is 1. The number of fused-ring (bicyclic) bond motifs is 1. The van der Waals surface area contributed by atoms with E-state index in [1.807, 2.05) is 6.07 Å². The highest BCUT2D eigenvalue weighted by molar-refractivity contribution is 7.89. The topological polar surface area (TPSA) is 89.2 Å². The summed E-state index contributed by atoms with van der Waals surface area (Å²) in [6.45, 7) is -0.0875. The Morgan fingerprint density at radius 1 is 1.13 bits per heavy atom. The number of benzene rings is 1. The van der Waals surface area contributed by atoms with Crippen molar-refractivity contribution in [2.75, 3.05) is 13.1 Å². The quantitative estimate of drug-likeness (QED) is 0.634. The van der Waals surface area contributed by atoms with Gasteiger partial charge >= 0.3 is 0 Å². The number of piperidine rings is 1. The maximum atomic E-state index is 15.8. The Kier molecular flexibility index (Phi) is 4.67. The summed E-state index contributed by atoms with van der Waals surface area (Å²) in [5.74, 6) is 0.0314. The summed E-state index contributed by atoms with van der Waals surface area (Å²) in [5.41, 5.74) is 0.837. The molecule has 0 radical (unpaired) electrons. The van der Waals surface area contributed by atoms with Crippen LogP contribution in [0.4, 0.5) is 4.39 Å². The Morgan fingerprint density at radius 2 is 2.00 bits per heavy atom. The van der Waals surface area contributed by atoms with Crippen molar-refractivity contribution in [2.45, 2.75) is 42.7 Å². The molecule has 1 aliphatic carbocycles. The molecule has 1 fully saturated rings. The minimum Gasteiger partial charge on any atom is -0.335 e. The minimum atomic E-state index is -3.81. The highest BCUT2D eigenvalue weighted by Gasteiger charge is 2.46. The Hall–Kier alpha value is -2.65. The van der Waals surface area contributed by atoms with Crippen molar-refractivity contribution in [2.24, 2.45) is 0 Å². The van der Waals surface area contributed by atoms with Gasteiger partial charge in [0.1, 0.15) is 0 Å². The predicted molar refractivity (Wildman–Crippen MR) is 107 cm³/mol. The van der Waals surface area contributed by atoms with E-state index in [9.17, 15) is 8.42 Å². The van der Waals surface area contributed by atoms with Crippen LogP contribution in [0, 0.1) is 0 Å². The van der Waals surface area contributed by atoms with Crippen LogP contribution in [0.25, 0.3) is 11.4 Å². The monoisotopic (exact) mass is 428 g/mol. The van der Waals surface area contributed by atoms with Gasteiger partial charge in [-0.25, -0.2) is 12.8 Å². The number of pyridine rings is 1. The van der Waals surface area contributed by atoms with Crippen LogP contribution in [0.3, 0.4) is 0 Å². The molecule has 1 saturated heterocycles. The number of alkyl halides is 1. The molecule has 7 nitrogen and oxygen atoms in total. The molecule has 156 valence electrons. The van der Waals surface area contributed by atoms with Gasteiger partial charge in [0.2, 0.25) is 21.5 Å². The lowest BCUT2D eigenvalue weighted by Crippen LogP contribution is -2.46. The van der Waals surface area contributed by atoms with Crippen LogP contribution in [-0.4, -0.2) is 40.9 Å². The standard InChI is InChI=1S/C21H21FN4O3S/c22-21(20-24-19(25-29-20)17-6-2-10-23-13-17)9-3-11-26(14-21)30(27,28)18-8-7-15-4-1-5-16(15)12-18/h2,6-8,10,12-13H,1,3-5,9,11,14H2. The molecule has 0 spiro atoms. The molecule has 1 unspecified atom stereocenters. The van der Waals surface area contributed by atoms with Gasteiger partial charge in [0.25, 0.3) is 5.89 Å². The molecule has 0 bridgehead atoms. The average Bonchev–Trinajstić information content (AvgIpc) is 3.44. The number of aryl methyl sites for hydroxylation is 2. The van der Waals surface area contributed by atoms with Crippen LogP contribution < -0.4 is 0 Å². The fourth-order valence-corrected chi connectivity index (χ4v) is 5.80. The van der Waals surface area contributed by atoms with Crippen LogP contribution in [0.1, 0.15) is 36.3 Å². The molecule has 3 heterocycles. The minimum absolute atomic E-state index is 0.123. The van der Waals surface area contributed by atoms with Crippen LogP contribution >= 0.6 is 0 Å². The first kappa shape index (κ1) is 19.3. The molecule has 30 heavy (non-hydrogen) atoms. The van der Waals surface area contributed by atoms with Crippen molar-refractivity contribution < 1.29 is 17.3 Å². The van der Waals surface area contributed by atoms with E-state index < -0.39 is 15.7 Å². The second-order valence-corrected chi connectivity index (χ2v) is 9.79. The van der Waals surface area contributed by atoms with Gasteiger partial charge in [-0.1, -0.05) is 11.2 Å². The summed E-state index contributed by atoms with van der Waals surface area (Å²) in [4.78, 5) is 8.41. The number of halogens is 1. The summed E-state index contributed by atoms with van der Waals surface area (Å²) < 4.78 is 48.7. The third kappa shape index (κ3) is 3.31. The van der Waals surface area contributed by atoms with Gasteiger partial charge in [-0.3, -0.25) is 4.98 Å². The Morgan fingerprint density at radius 3 is 2.83 bits per heavy atom. The summed E-state index contributed by atoms with van der Waals surface area (Å²) in [7, 11) is -3.81. The van der Waals surface area contributed by atoms with Crippen LogP contribution in [0.15, 0.2) is 52.1 Å². The molecule has 0 amide bonds. The summed E-state index contributed by atoms with van der Waals surface area (Å²) in [5, 5.41) is 3.86. The van der Waals surface area contributed by atoms with Crippen LogP contribution in [0.2, 0.25) is 0 Å². The molecular formula is C21H21FN4O3S. The molecule has 3 aromatic rings. The van der Waals surface area contributed by atoms with Gasteiger partial charge < -0.3 is 4.52 Å². The lowest BCUT2D eigenvalue weighted by atomic mass is 9.96. The average molecular weight is 428 g/mol. The second-order valence-electron chi connectivity index (χ2n) is 7.86. The summed E-state index contributed by atoms with van der Waals surface area (Å²) >= 11 is 0. The number of aromatic nitrogens is 3. The first-order valence-corrected chi connectivity index (χ1v) is 11.5. The normalized spacial score (nSPS) is 22.2. The molecule has 0 N–H and O–H groups in total. The summed E-state index contributed by atoms with van der Waals surface area (Å²) in [6, 6.07) is 8.71. The highest BCUT2D eigenvalue weighted by atomic mass is 32.2. The molecule has 1 atom stereocenters. The Bertz CT molecular complexity index is 1180. The second kappa shape index (κ2) is 7.24. The van der Waals surface area contributed by atoms with Gasteiger partial charge in [-0.15, -0.1) is 0 Å². The van der Waals surface area contributed by atoms with Crippen molar-refractivity contribution in [1.82, 2.24) is 19.4 Å². The molecule has 0 saturated carbocycles. The fourth-order valence-electron chi connectivity index (χ4n) is 4.23. The lowest BCUT2D eigenvalue weighted by Gasteiger charge is -2.34. The van der Waals surface area contributed by atoms with E-state index in [1.54, 1.807) is 36.7 Å². The zero-order chi connectivity index (χ0) is 20.8. The molecular weight excluding hydrogens is 407 g/mol. The zero-order valence-electron chi connectivity index (χ0n) is 16.3. The van der Waals surface area contributed by atoms with Crippen LogP contribution in [-0.2, 0) is 28.5 Å². The van der Waals surface area contributed by atoms with E-state index in [4.69, 9.17) is 4.52 Å². The van der Waals surface area contributed by atoms with E-state index in [-0.39, 0.29) is 36.1 Å². The number of rotatable bonds is 4. The van der Waals surface area contributed by atoms with Crippen molar-refractivity contribution in [3.8, 4) is 11.4 Å². The van der Waals surface area contributed by atoms with E-state index in [0.29, 0.717) is 12.0 Å². The van der Waals surface area contributed by atoms with Gasteiger partial charge in [0.15, 0.2) is 0 Å². The number of hydrogen-bond acceptors (Lipinski definition) is 6. The molecule has 1 aromatic carbocycles. The van der Waals surface area contributed by atoms with Crippen molar-refractivity contribution >= 4 is 10.0 Å². The first-order valence-electron chi connectivity index (χ1n) is 10.0. The van der Waals surface area contributed by atoms with Gasteiger partial charge in [-0.05, 0) is 67.5 Å². The number of nitrogens with zero attached hydrogens (tertiary/aromatic N) is 4.